The Balaban J connectivity index is 1.96. The van der Waals surface area contributed by atoms with Crippen LogP contribution in [-0.4, -0.2) is 48.8 Å². The van der Waals surface area contributed by atoms with Crippen molar-refractivity contribution in [3.05, 3.63) is 54.1 Å². The molecular weight excluding hydrogens is 336 g/mol. The summed E-state index contributed by atoms with van der Waals surface area (Å²) in [6.45, 7) is 1.70. The molecule has 0 aromatic carbocycles. The Hall–Kier alpha value is -3.33. The van der Waals surface area contributed by atoms with E-state index in [2.05, 4.69) is 20.4 Å². The van der Waals surface area contributed by atoms with Gasteiger partial charge in [0.15, 0.2) is 11.3 Å². The van der Waals surface area contributed by atoms with Crippen LogP contribution in [0.1, 0.15) is 23.1 Å². The number of amides is 2. The Kier molecular flexibility index (Phi) is 4.90. The second kappa shape index (κ2) is 7.28. The van der Waals surface area contributed by atoms with E-state index in [-0.39, 0.29) is 5.69 Å². The van der Waals surface area contributed by atoms with Crippen molar-refractivity contribution in [2.45, 2.75) is 25.6 Å². The van der Waals surface area contributed by atoms with E-state index in [9.17, 15) is 14.7 Å². The molecule has 2 amide bonds. The number of carbonyl (C=O) groups excluding carboxylic acids is 2. The maximum atomic E-state index is 12.6. The number of aliphatic hydroxyl groups is 1. The lowest BCUT2D eigenvalue weighted by Gasteiger charge is -2.17. The van der Waals surface area contributed by atoms with Crippen LogP contribution in [-0.2, 0) is 11.3 Å². The maximum Gasteiger partial charge on any atom is 0.273 e. The summed E-state index contributed by atoms with van der Waals surface area (Å²) in [5.74, 6) is -1.45. The highest BCUT2D eigenvalue weighted by molar-refractivity contribution is 6.05. The fourth-order valence-electron chi connectivity index (χ4n) is 2.57. The van der Waals surface area contributed by atoms with Crippen LogP contribution in [0.3, 0.4) is 0 Å². The molecule has 0 aliphatic heterocycles. The first-order chi connectivity index (χ1) is 12.5. The molecule has 0 saturated carbocycles. The minimum Gasteiger partial charge on any atom is -0.391 e. The molecule has 3 aromatic heterocycles. The topological polar surface area (TPSA) is 136 Å². The molecule has 0 spiro atoms. The van der Waals surface area contributed by atoms with Crippen LogP contribution in [0, 0.1) is 0 Å². The number of fused-ring (bicyclic) bond motifs is 1. The van der Waals surface area contributed by atoms with E-state index in [4.69, 9.17) is 5.73 Å². The first kappa shape index (κ1) is 17.5. The summed E-state index contributed by atoms with van der Waals surface area (Å²) in [4.78, 5) is 32.5. The van der Waals surface area contributed by atoms with Gasteiger partial charge < -0.3 is 16.2 Å². The van der Waals surface area contributed by atoms with E-state index in [1.165, 1.54) is 6.92 Å². The van der Waals surface area contributed by atoms with Crippen molar-refractivity contribution in [1.29, 1.82) is 0 Å². The van der Waals surface area contributed by atoms with Gasteiger partial charge in [-0.15, -0.1) is 0 Å². The normalized spacial score (nSPS) is 13.3. The van der Waals surface area contributed by atoms with Crippen LogP contribution < -0.4 is 11.1 Å². The number of aliphatic hydroxyl groups excluding tert-OH is 1. The molecule has 0 aliphatic rings. The van der Waals surface area contributed by atoms with Crippen molar-refractivity contribution in [3.8, 4) is 0 Å². The summed E-state index contributed by atoms with van der Waals surface area (Å²) in [5, 5.41) is 16.9. The second-order valence-electron chi connectivity index (χ2n) is 5.80. The van der Waals surface area contributed by atoms with Gasteiger partial charge in [-0.05, 0) is 31.2 Å². The fourth-order valence-corrected chi connectivity index (χ4v) is 2.57. The summed E-state index contributed by atoms with van der Waals surface area (Å²) in [7, 11) is 0. The van der Waals surface area contributed by atoms with Crippen molar-refractivity contribution in [1.82, 2.24) is 25.1 Å². The Morgan fingerprint density at radius 2 is 2.00 bits per heavy atom. The highest BCUT2D eigenvalue weighted by atomic mass is 16.3. The molecule has 0 bridgehead atoms. The number of hydrogen-bond donors (Lipinski definition) is 3. The number of nitrogens with zero attached hydrogens (tertiary/aromatic N) is 4. The summed E-state index contributed by atoms with van der Waals surface area (Å²) >= 11 is 0. The van der Waals surface area contributed by atoms with Crippen LogP contribution in [0.4, 0.5) is 0 Å². The van der Waals surface area contributed by atoms with E-state index in [1.54, 1.807) is 29.2 Å². The molecule has 26 heavy (non-hydrogen) atoms. The molecule has 9 heteroatoms. The average molecular weight is 354 g/mol. The lowest BCUT2D eigenvalue weighted by molar-refractivity contribution is -0.122. The molecule has 0 saturated heterocycles. The van der Waals surface area contributed by atoms with Gasteiger partial charge in [0.05, 0.1) is 23.7 Å². The Labute approximate surface area is 148 Å². The zero-order valence-corrected chi connectivity index (χ0v) is 14.0. The molecule has 3 rings (SSSR count). The average Bonchev–Trinajstić information content (AvgIpc) is 2.99. The van der Waals surface area contributed by atoms with E-state index in [1.807, 2.05) is 18.2 Å². The molecule has 4 N–H and O–H groups in total. The minimum absolute atomic E-state index is 0.0935. The van der Waals surface area contributed by atoms with Crippen molar-refractivity contribution in [3.63, 3.8) is 0 Å². The highest BCUT2D eigenvalue weighted by Crippen LogP contribution is 2.17. The number of aromatic nitrogens is 4. The number of pyridine rings is 2. The monoisotopic (exact) mass is 354 g/mol. The van der Waals surface area contributed by atoms with Crippen LogP contribution >= 0.6 is 0 Å². The lowest BCUT2D eigenvalue weighted by Crippen LogP contribution is -2.50. The van der Waals surface area contributed by atoms with E-state index in [0.717, 1.165) is 5.69 Å². The number of nitrogens with one attached hydrogen (secondary N) is 1. The predicted octanol–water partition coefficient (Wildman–Crippen LogP) is -0.161. The van der Waals surface area contributed by atoms with Crippen molar-refractivity contribution < 1.29 is 14.7 Å². The number of carbonyl (C=O) groups is 2. The molecule has 0 fully saturated rings. The van der Waals surface area contributed by atoms with Gasteiger partial charge in [0.25, 0.3) is 5.91 Å². The SMILES string of the molecule is C[C@@H](O)[C@H](NC(=O)c1nn(Cc2ccccn2)c2ncccc12)C(N)=O. The second-order valence-corrected chi connectivity index (χ2v) is 5.80. The number of primary amides is 1. The Bertz CT molecular complexity index is 938. The lowest BCUT2D eigenvalue weighted by atomic mass is 10.1. The standard InChI is InChI=1S/C17H18N6O3/c1-10(24)13(15(18)25)21-17(26)14-12-6-4-8-20-16(12)23(22-14)9-11-5-2-3-7-19-11/h2-8,10,13,24H,9H2,1H3,(H2,18,25)(H,21,26)/t10-,13+/m1/s1. The first-order valence-corrected chi connectivity index (χ1v) is 7.97. The molecule has 0 radical (unpaired) electrons. The molecule has 9 nitrogen and oxygen atoms in total. The number of rotatable bonds is 6. The predicted molar refractivity (Wildman–Crippen MR) is 93.0 cm³/mol. The van der Waals surface area contributed by atoms with E-state index < -0.39 is 24.0 Å². The quantitative estimate of drug-likeness (QED) is 0.563. The Morgan fingerprint density at radius 3 is 2.65 bits per heavy atom. The molecule has 2 atom stereocenters. The fraction of sp³-hybridized carbons (Fsp3) is 0.235. The largest absolute Gasteiger partial charge is 0.391 e. The summed E-state index contributed by atoms with van der Waals surface area (Å²) in [6.07, 6.45) is 2.14. The summed E-state index contributed by atoms with van der Waals surface area (Å²) in [5.41, 5.74) is 6.59. The van der Waals surface area contributed by atoms with Crippen molar-refractivity contribution in [2.75, 3.05) is 0 Å². The van der Waals surface area contributed by atoms with E-state index in [0.29, 0.717) is 17.6 Å². The first-order valence-electron chi connectivity index (χ1n) is 7.97. The number of hydrogen-bond acceptors (Lipinski definition) is 6. The van der Waals surface area contributed by atoms with Crippen LogP contribution in [0.2, 0.25) is 0 Å². The van der Waals surface area contributed by atoms with Crippen molar-refractivity contribution in [2.24, 2.45) is 5.73 Å². The van der Waals surface area contributed by atoms with Gasteiger partial charge in [0, 0.05) is 12.4 Å². The molecule has 3 heterocycles. The zero-order chi connectivity index (χ0) is 18.7. The van der Waals surface area contributed by atoms with Crippen LogP contribution in [0.15, 0.2) is 42.7 Å². The summed E-state index contributed by atoms with van der Waals surface area (Å²) in [6, 6.07) is 7.69. The van der Waals surface area contributed by atoms with E-state index >= 15 is 0 Å². The molecule has 134 valence electrons. The Morgan fingerprint density at radius 1 is 1.23 bits per heavy atom. The third-order valence-electron chi connectivity index (χ3n) is 3.84. The van der Waals surface area contributed by atoms with Gasteiger partial charge in [-0.1, -0.05) is 6.07 Å². The maximum absolute atomic E-state index is 12.6. The molecular formula is C17H18N6O3. The molecule has 0 unspecified atom stereocenters. The zero-order valence-electron chi connectivity index (χ0n) is 14.0. The van der Waals surface area contributed by atoms with Crippen LogP contribution in [0.25, 0.3) is 11.0 Å². The third-order valence-corrected chi connectivity index (χ3v) is 3.84. The van der Waals surface area contributed by atoms with Gasteiger partial charge in [-0.25, -0.2) is 9.67 Å². The highest BCUT2D eigenvalue weighted by Gasteiger charge is 2.26. The molecule has 0 aliphatic carbocycles. The van der Waals surface area contributed by atoms with Gasteiger partial charge in [0.2, 0.25) is 5.91 Å². The summed E-state index contributed by atoms with van der Waals surface area (Å²) < 4.78 is 1.56. The third kappa shape index (κ3) is 3.52. The van der Waals surface area contributed by atoms with Crippen molar-refractivity contribution >= 4 is 22.8 Å². The van der Waals surface area contributed by atoms with Gasteiger partial charge >= 0.3 is 0 Å². The van der Waals surface area contributed by atoms with Gasteiger partial charge in [-0.3, -0.25) is 14.6 Å². The minimum atomic E-state index is -1.21. The number of nitrogens with two attached hydrogens (primary N) is 1. The smallest absolute Gasteiger partial charge is 0.273 e. The van der Waals surface area contributed by atoms with Gasteiger partial charge in [-0.2, -0.15) is 5.10 Å². The van der Waals surface area contributed by atoms with Crippen LogP contribution in [0.5, 0.6) is 0 Å². The van der Waals surface area contributed by atoms with Gasteiger partial charge in [0.1, 0.15) is 6.04 Å². The molecule has 3 aromatic rings.